The summed E-state index contributed by atoms with van der Waals surface area (Å²) >= 11 is 0. The molecule has 0 bridgehead atoms. The van der Waals surface area contributed by atoms with Crippen molar-refractivity contribution in [1.29, 1.82) is 0 Å². The van der Waals surface area contributed by atoms with Crippen LogP contribution in [0, 0.1) is 5.92 Å². The molecule has 126 valence electrons. The molecule has 3 rings (SSSR count). The van der Waals surface area contributed by atoms with Crippen molar-refractivity contribution in [2.75, 3.05) is 13.1 Å². The van der Waals surface area contributed by atoms with E-state index in [-0.39, 0.29) is 18.4 Å². The van der Waals surface area contributed by atoms with Crippen LogP contribution in [0.3, 0.4) is 0 Å². The van der Waals surface area contributed by atoms with E-state index < -0.39 is 6.10 Å². The fourth-order valence-corrected chi connectivity index (χ4v) is 3.16. The maximum absolute atomic E-state index is 11.9. The second kappa shape index (κ2) is 7.43. The Bertz CT molecular complexity index is 520. The first kappa shape index (κ1) is 16.4. The molecule has 1 saturated carbocycles. The Morgan fingerprint density at radius 2 is 1.74 bits per heavy atom. The highest BCUT2D eigenvalue weighted by atomic mass is 16.3. The Hall–Kier alpha value is -1.43. The highest BCUT2D eigenvalue weighted by Gasteiger charge is 2.32. The van der Waals surface area contributed by atoms with Gasteiger partial charge in [0.05, 0.1) is 6.61 Å². The summed E-state index contributed by atoms with van der Waals surface area (Å²) in [5.41, 5.74) is 2.16. The lowest BCUT2D eigenvalue weighted by atomic mass is 9.90. The summed E-state index contributed by atoms with van der Waals surface area (Å²) in [6.07, 6.45) is 2.95. The van der Waals surface area contributed by atoms with Crippen molar-refractivity contribution in [1.82, 2.24) is 10.2 Å². The van der Waals surface area contributed by atoms with Crippen molar-refractivity contribution < 1.29 is 15.0 Å². The first-order valence-electron chi connectivity index (χ1n) is 8.55. The van der Waals surface area contributed by atoms with Gasteiger partial charge in [-0.1, -0.05) is 24.3 Å². The summed E-state index contributed by atoms with van der Waals surface area (Å²) in [6, 6.07) is 8.31. The molecule has 2 fully saturated rings. The van der Waals surface area contributed by atoms with Crippen LogP contribution < -0.4 is 5.32 Å². The normalized spacial score (nSPS) is 21.1. The number of likely N-dealkylation sites (tertiary alicyclic amines) is 1. The summed E-state index contributed by atoms with van der Waals surface area (Å²) in [5.74, 6) is -0.118. The Balaban J connectivity index is 1.44. The van der Waals surface area contributed by atoms with Gasteiger partial charge in [-0.3, -0.25) is 9.69 Å². The Kier molecular flexibility index (Phi) is 5.30. The van der Waals surface area contributed by atoms with E-state index in [2.05, 4.69) is 22.3 Å². The fourth-order valence-electron chi connectivity index (χ4n) is 3.16. The lowest BCUT2D eigenvalue weighted by molar-refractivity contribution is -0.133. The number of carbonyl (C=O) groups is 1. The predicted octanol–water partition coefficient (Wildman–Crippen LogP) is 1.03. The van der Waals surface area contributed by atoms with Crippen molar-refractivity contribution >= 4 is 5.91 Å². The molecule has 1 aliphatic heterocycles. The highest BCUT2D eigenvalue weighted by molar-refractivity contribution is 5.81. The number of nitrogens with zero attached hydrogens (tertiary/aromatic N) is 1. The highest BCUT2D eigenvalue weighted by Crippen LogP contribution is 2.24. The Morgan fingerprint density at radius 1 is 1.13 bits per heavy atom. The van der Waals surface area contributed by atoms with Crippen LogP contribution in [0.25, 0.3) is 0 Å². The van der Waals surface area contributed by atoms with Gasteiger partial charge in [0.25, 0.3) is 0 Å². The van der Waals surface area contributed by atoms with E-state index in [4.69, 9.17) is 5.11 Å². The van der Waals surface area contributed by atoms with Gasteiger partial charge in [-0.25, -0.2) is 0 Å². The van der Waals surface area contributed by atoms with E-state index >= 15 is 0 Å². The molecule has 3 N–H and O–H groups in total. The van der Waals surface area contributed by atoms with Crippen LogP contribution in [-0.4, -0.2) is 46.3 Å². The number of hydrogen-bond donors (Lipinski definition) is 3. The molecular formula is C18H26N2O3. The van der Waals surface area contributed by atoms with Crippen molar-refractivity contribution in [3.63, 3.8) is 0 Å². The summed E-state index contributed by atoms with van der Waals surface area (Å²) in [5, 5.41) is 22.2. The van der Waals surface area contributed by atoms with E-state index in [9.17, 15) is 9.90 Å². The summed E-state index contributed by atoms with van der Waals surface area (Å²) in [7, 11) is 0. The monoisotopic (exact) mass is 318 g/mol. The number of aliphatic hydroxyl groups excluding tert-OH is 2. The molecule has 1 unspecified atom stereocenters. The van der Waals surface area contributed by atoms with Crippen LogP contribution in [0.4, 0.5) is 0 Å². The van der Waals surface area contributed by atoms with Crippen molar-refractivity contribution in [3.8, 4) is 0 Å². The van der Waals surface area contributed by atoms with Crippen LogP contribution in [0.15, 0.2) is 24.3 Å². The van der Waals surface area contributed by atoms with Gasteiger partial charge in [-0.15, -0.1) is 0 Å². The number of aliphatic hydroxyl groups is 2. The minimum absolute atomic E-state index is 0.0711. The number of carbonyl (C=O) groups excluding carboxylic acids is 1. The second-order valence-electron chi connectivity index (χ2n) is 6.82. The zero-order chi connectivity index (χ0) is 16.2. The zero-order valence-corrected chi connectivity index (χ0v) is 13.4. The third-order valence-corrected chi connectivity index (χ3v) is 4.88. The maximum atomic E-state index is 11.9. The first-order valence-corrected chi connectivity index (χ1v) is 8.55. The molecule has 1 aromatic carbocycles. The lowest BCUT2D eigenvalue weighted by Gasteiger charge is -2.33. The Labute approximate surface area is 137 Å². The number of benzene rings is 1. The number of piperidine rings is 1. The fraction of sp³-hybridized carbons (Fsp3) is 0.611. The molecule has 23 heavy (non-hydrogen) atoms. The quantitative estimate of drug-likeness (QED) is 0.732. The lowest BCUT2D eigenvalue weighted by Crippen LogP contribution is -2.44. The van der Waals surface area contributed by atoms with Crippen LogP contribution in [0.5, 0.6) is 0 Å². The van der Waals surface area contributed by atoms with Crippen LogP contribution in [-0.2, 0) is 17.9 Å². The predicted molar refractivity (Wildman–Crippen MR) is 87.5 cm³/mol. The largest absolute Gasteiger partial charge is 0.392 e. The first-order chi connectivity index (χ1) is 11.2. The summed E-state index contributed by atoms with van der Waals surface area (Å²) < 4.78 is 0. The number of hydrogen-bond acceptors (Lipinski definition) is 4. The summed E-state index contributed by atoms with van der Waals surface area (Å²) in [6.45, 7) is 2.76. The minimum Gasteiger partial charge on any atom is -0.392 e. The third-order valence-electron chi connectivity index (χ3n) is 4.88. The number of amides is 1. The van der Waals surface area contributed by atoms with Crippen molar-refractivity contribution in [3.05, 3.63) is 35.4 Å². The molecule has 2 aliphatic rings. The number of nitrogens with one attached hydrogen (secondary N) is 1. The van der Waals surface area contributed by atoms with Crippen molar-refractivity contribution in [2.45, 2.75) is 51.0 Å². The minimum atomic E-state index is -0.860. The van der Waals surface area contributed by atoms with E-state index in [1.54, 1.807) is 0 Å². The topological polar surface area (TPSA) is 72.8 Å². The zero-order valence-electron chi connectivity index (χ0n) is 13.4. The Morgan fingerprint density at radius 3 is 2.30 bits per heavy atom. The molecule has 1 atom stereocenters. The molecule has 1 aliphatic carbocycles. The van der Waals surface area contributed by atoms with E-state index in [1.807, 2.05) is 12.1 Å². The van der Waals surface area contributed by atoms with Gasteiger partial charge in [0.1, 0.15) is 6.10 Å². The molecule has 1 heterocycles. The van der Waals surface area contributed by atoms with E-state index in [0.29, 0.717) is 6.04 Å². The molecule has 0 aromatic heterocycles. The summed E-state index contributed by atoms with van der Waals surface area (Å²) in [4.78, 5) is 14.3. The number of rotatable bonds is 6. The third kappa shape index (κ3) is 4.53. The molecular weight excluding hydrogens is 292 g/mol. The molecule has 1 aromatic rings. The van der Waals surface area contributed by atoms with Gasteiger partial charge in [0.2, 0.25) is 5.91 Å². The average Bonchev–Trinajstić information content (AvgIpc) is 3.39. The maximum Gasteiger partial charge on any atom is 0.249 e. The van der Waals surface area contributed by atoms with Gasteiger partial charge < -0.3 is 15.5 Å². The molecule has 1 amide bonds. The van der Waals surface area contributed by atoms with Gasteiger partial charge in [-0.2, -0.15) is 0 Å². The molecule has 5 heteroatoms. The van der Waals surface area contributed by atoms with E-state index in [0.717, 1.165) is 50.9 Å². The molecule has 1 saturated heterocycles. The van der Waals surface area contributed by atoms with Crippen LogP contribution >= 0.6 is 0 Å². The smallest absolute Gasteiger partial charge is 0.249 e. The SMILES string of the molecule is O=C(NC1CC1)C(O)C1CCN(Cc2ccc(CO)cc2)CC1. The van der Waals surface area contributed by atoms with Crippen molar-refractivity contribution in [2.24, 2.45) is 5.92 Å². The molecule has 5 nitrogen and oxygen atoms in total. The van der Waals surface area contributed by atoms with Gasteiger partial charge in [0, 0.05) is 12.6 Å². The second-order valence-corrected chi connectivity index (χ2v) is 6.82. The van der Waals surface area contributed by atoms with Gasteiger partial charge in [-0.05, 0) is 55.8 Å². The van der Waals surface area contributed by atoms with Crippen LogP contribution in [0.1, 0.15) is 36.8 Å². The van der Waals surface area contributed by atoms with Crippen LogP contribution in [0.2, 0.25) is 0 Å². The average molecular weight is 318 g/mol. The van der Waals surface area contributed by atoms with Gasteiger partial charge >= 0.3 is 0 Å². The standard InChI is InChI=1S/C18H26N2O3/c21-12-14-3-1-13(2-4-14)11-20-9-7-15(8-10-20)17(22)18(23)19-16-5-6-16/h1-4,15-17,21-22H,5-12H2,(H,19,23). The molecule has 0 spiro atoms. The van der Waals surface area contributed by atoms with Gasteiger partial charge in [0.15, 0.2) is 0 Å². The van der Waals surface area contributed by atoms with E-state index in [1.165, 1.54) is 5.56 Å². The molecule has 0 radical (unpaired) electrons.